The molecule has 1 saturated heterocycles. The lowest BCUT2D eigenvalue weighted by Gasteiger charge is -2.70. The van der Waals surface area contributed by atoms with Crippen LogP contribution in [0.5, 0.6) is 5.75 Å². The van der Waals surface area contributed by atoms with Gasteiger partial charge in [-0.15, -0.1) is 0 Å². The SMILES string of the molecule is CCCCOc1ccccc1CC[C@@]1(O)C(C)=C[C@@H](OC(C)=O)[C@]2(C)C3[C@H](OC(C)=O)[C@H](OC(C)=O)[C@@]4(CCOC(C)=O)COC[C@H]4[C@]3(C)CC[C@H]21. The van der Waals surface area contributed by atoms with Gasteiger partial charge in [0.15, 0.2) is 0 Å². The summed E-state index contributed by atoms with van der Waals surface area (Å²) in [5, 5.41) is 13.1. The summed E-state index contributed by atoms with van der Waals surface area (Å²) in [6.45, 7) is 14.8. The van der Waals surface area contributed by atoms with Crippen molar-refractivity contribution in [1.29, 1.82) is 0 Å². The number of hydrogen-bond donors (Lipinski definition) is 1. The van der Waals surface area contributed by atoms with Gasteiger partial charge >= 0.3 is 23.9 Å². The molecule has 0 aromatic heterocycles. The average Bonchev–Trinajstić information content (AvgIpc) is 3.50. The van der Waals surface area contributed by atoms with Gasteiger partial charge in [-0.2, -0.15) is 0 Å². The van der Waals surface area contributed by atoms with Gasteiger partial charge in [-0.05, 0) is 80.1 Å². The minimum atomic E-state index is -1.32. The van der Waals surface area contributed by atoms with E-state index >= 15 is 0 Å². The Morgan fingerprint density at radius 2 is 1.60 bits per heavy atom. The summed E-state index contributed by atoms with van der Waals surface area (Å²) in [7, 11) is 0. The molecule has 1 N–H and O–H groups in total. The molecule has 0 radical (unpaired) electrons. The largest absolute Gasteiger partial charge is 0.493 e. The van der Waals surface area contributed by atoms with Crippen molar-refractivity contribution >= 4 is 23.9 Å². The number of para-hydroxylation sites is 1. The fourth-order valence-corrected chi connectivity index (χ4v) is 10.9. The Balaban J connectivity index is 1.65. The third-order valence-corrected chi connectivity index (χ3v) is 13.0. The summed E-state index contributed by atoms with van der Waals surface area (Å²) in [4.78, 5) is 50.7. The summed E-state index contributed by atoms with van der Waals surface area (Å²) >= 11 is 0. The van der Waals surface area contributed by atoms with Crippen molar-refractivity contribution in [2.24, 2.45) is 34.0 Å². The van der Waals surface area contributed by atoms with E-state index in [4.69, 9.17) is 28.4 Å². The van der Waals surface area contributed by atoms with E-state index in [1.54, 1.807) is 0 Å². The van der Waals surface area contributed by atoms with Crippen molar-refractivity contribution in [1.82, 2.24) is 0 Å². The highest BCUT2D eigenvalue weighted by Gasteiger charge is 2.76. The Kier molecular flexibility index (Phi) is 11.9. The van der Waals surface area contributed by atoms with Gasteiger partial charge in [0, 0.05) is 50.4 Å². The van der Waals surface area contributed by atoms with Crippen molar-refractivity contribution < 1.29 is 52.7 Å². The minimum absolute atomic E-state index is 0.0712. The van der Waals surface area contributed by atoms with Gasteiger partial charge < -0.3 is 33.5 Å². The van der Waals surface area contributed by atoms with Crippen LogP contribution in [0.2, 0.25) is 0 Å². The summed E-state index contributed by atoms with van der Waals surface area (Å²) in [5.74, 6) is -2.40. The van der Waals surface area contributed by atoms with Crippen LogP contribution in [0.4, 0.5) is 0 Å². The predicted molar refractivity (Wildman–Crippen MR) is 191 cm³/mol. The molecule has 288 valence electrons. The van der Waals surface area contributed by atoms with Crippen LogP contribution < -0.4 is 4.74 Å². The van der Waals surface area contributed by atoms with Crippen molar-refractivity contribution in [2.75, 3.05) is 26.4 Å². The Bertz CT molecular complexity index is 1540. The molecule has 1 aliphatic heterocycles. The standard InChI is InChI=1S/C41H58O11/c1-9-10-20-49-31-14-12-11-13-30(31)15-18-41(46)25(2)22-34(50-27(4)43)39(8)32(41)16-17-38(7)33-23-47-24-40(33,19-21-48-26(3)42)37(52-29(6)45)35(36(38)39)51-28(5)44/h11-14,22,32-37,46H,9-10,15-21,23-24H2,1-8H3/t32-,33+,34-,35+,36?,37+,38+,39-,40+,41-/m1/s1. The summed E-state index contributed by atoms with van der Waals surface area (Å²) < 4.78 is 36.5. The maximum absolute atomic E-state index is 13.1. The van der Waals surface area contributed by atoms with E-state index in [1.807, 2.05) is 44.2 Å². The summed E-state index contributed by atoms with van der Waals surface area (Å²) in [6, 6.07) is 7.91. The molecule has 4 aliphatic rings. The number of hydrogen-bond acceptors (Lipinski definition) is 11. The van der Waals surface area contributed by atoms with Crippen LogP contribution in [0, 0.1) is 34.0 Å². The van der Waals surface area contributed by atoms with Crippen LogP contribution in [-0.4, -0.2) is 79.3 Å². The maximum atomic E-state index is 13.1. The molecule has 11 nitrogen and oxygen atoms in total. The first-order valence-corrected chi connectivity index (χ1v) is 18.9. The first kappa shape index (κ1) is 39.8. The molecule has 1 heterocycles. The number of rotatable bonds is 13. The van der Waals surface area contributed by atoms with E-state index in [0.29, 0.717) is 50.9 Å². The van der Waals surface area contributed by atoms with E-state index in [2.05, 4.69) is 13.8 Å². The lowest BCUT2D eigenvalue weighted by atomic mass is 9.36. The zero-order valence-electron chi connectivity index (χ0n) is 32.2. The molecule has 1 aromatic carbocycles. The number of ether oxygens (including phenoxy) is 6. The average molecular weight is 727 g/mol. The molecule has 0 bridgehead atoms. The van der Waals surface area contributed by atoms with Crippen LogP contribution in [0.1, 0.15) is 99.5 Å². The number of carbonyl (C=O) groups excluding carboxylic acids is 4. The van der Waals surface area contributed by atoms with Crippen LogP contribution in [0.15, 0.2) is 35.9 Å². The second-order valence-electron chi connectivity index (χ2n) is 16.0. The lowest BCUT2D eigenvalue weighted by Crippen LogP contribution is -2.74. The fraction of sp³-hybridized carbons (Fsp3) is 0.707. The molecule has 0 amide bonds. The van der Waals surface area contributed by atoms with Gasteiger partial charge in [0.05, 0.1) is 32.0 Å². The molecular formula is C41H58O11. The maximum Gasteiger partial charge on any atom is 0.303 e. The molecular weight excluding hydrogens is 668 g/mol. The Morgan fingerprint density at radius 1 is 0.904 bits per heavy atom. The first-order valence-electron chi connectivity index (χ1n) is 18.9. The minimum Gasteiger partial charge on any atom is -0.493 e. The van der Waals surface area contributed by atoms with Crippen molar-refractivity contribution in [2.45, 2.75) is 124 Å². The second-order valence-corrected chi connectivity index (χ2v) is 16.0. The molecule has 52 heavy (non-hydrogen) atoms. The highest BCUT2D eigenvalue weighted by molar-refractivity contribution is 5.68. The predicted octanol–water partition coefficient (Wildman–Crippen LogP) is 5.92. The smallest absolute Gasteiger partial charge is 0.303 e. The number of unbranched alkanes of at least 4 members (excludes halogenated alkanes) is 1. The molecule has 5 rings (SSSR count). The topological polar surface area (TPSA) is 144 Å². The van der Waals surface area contributed by atoms with Crippen molar-refractivity contribution in [3.8, 4) is 5.75 Å². The number of fused-ring (bicyclic) bond motifs is 5. The summed E-state index contributed by atoms with van der Waals surface area (Å²) in [5.41, 5.74) is -2.05. The zero-order chi connectivity index (χ0) is 38.1. The van der Waals surface area contributed by atoms with Crippen molar-refractivity contribution in [3.63, 3.8) is 0 Å². The van der Waals surface area contributed by atoms with E-state index in [0.717, 1.165) is 24.2 Å². The molecule has 11 heteroatoms. The molecule has 0 spiro atoms. The number of esters is 4. The van der Waals surface area contributed by atoms with Gasteiger partial charge in [-0.25, -0.2) is 0 Å². The Hall–Kier alpha value is -3.44. The van der Waals surface area contributed by atoms with Crippen LogP contribution in [0.25, 0.3) is 0 Å². The molecule has 3 aliphatic carbocycles. The summed E-state index contributed by atoms with van der Waals surface area (Å²) in [6.07, 6.45) is 3.54. The Labute approximate surface area is 308 Å². The van der Waals surface area contributed by atoms with E-state index in [-0.39, 0.29) is 19.1 Å². The highest BCUT2D eigenvalue weighted by Crippen LogP contribution is 2.72. The number of aliphatic hydroxyl groups is 1. The van der Waals surface area contributed by atoms with Gasteiger partial charge in [-0.3, -0.25) is 19.2 Å². The number of benzene rings is 1. The monoisotopic (exact) mass is 726 g/mol. The fourth-order valence-electron chi connectivity index (χ4n) is 10.9. The number of aryl methyl sites for hydroxylation is 1. The zero-order valence-corrected chi connectivity index (χ0v) is 32.2. The third-order valence-electron chi connectivity index (χ3n) is 13.0. The van der Waals surface area contributed by atoms with Gasteiger partial charge in [0.25, 0.3) is 0 Å². The van der Waals surface area contributed by atoms with E-state index in [9.17, 15) is 24.3 Å². The normalized spacial score (nSPS) is 36.3. The van der Waals surface area contributed by atoms with Gasteiger partial charge in [-0.1, -0.05) is 45.4 Å². The van der Waals surface area contributed by atoms with E-state index in [1.165, 1.54) is 27.7 Å². The van der Waals surface area contributed by atoms with Crippen LogP contribution in [0.3, 0.4) is 0 Å². The van der Waals surface area contributed by atoms with Crippen molar-refractivity contribution in [3.05, 3.63) is 41.5 Å². The quantitative estimate of drug-likeness (QED) is 0.112. The van der Waals surface area contributed by atoms with Crippen LogP contribution >= 0.6 is 0 Å². The molecule has 1 unspecified atom stereocenters. The first-order chi connectivity index (χ1) is 24.5. The highest BCUT2D eigenvalue weighted by atomic mass is 16.6. The van der Waals surface area contributed by atoms with Gasteiger partial charge in [0.2, 0.25) is 0 Å². The molecule has 10 atom stereocenters. The Morgan fingerprint density at radius 3 is 2.25 bits per heavy atom. The van der Waals surface area contributed by atoms with E-state index < -0.39 is 75.9 Å². The van der Waals surface area contributed by atoms with Gasteiger partial charge in [0.1, 0.15) is 24.1 Å². The molecule has 1 aromatic rings. The molecule has 2 saturated carbocycles. The second kappa shape index (κ2) is 15.5. The third kappa shape index (κ3) is 7.11. The number of carbonyl (C=O) groups is 4. The van der Waals surface area contributed by atoms with Crippen LogP contribution in [-0.2, 0) is 49.3 Å². The lowest BCUT2D eigenvalue weighted by molar-refractivity contribution is -0.287. The molecule has 3 fully saturated rings.